The number of hydrogen-bond donors (Lipinski definition) is 3. The number of amidine groups is 1. The summed E-state index contributed by atoms with van der Waals surface area (Å²) in [7, 11) is 0. The third kappa shape index (κ3) is 2.47. The van der Waals surface area contributed by atoms with Crippen LogP contribution in [0.4, 0.5) is 5.69 Å². The third-order valence-corrected chi connectivity index (χ3v) is 1.66. The molecule has 3 heteroatoms. The molecule has 0 bridgehead atoms. The van der Waals surface area contributed by atoms with E-state index in [4.69, 9.17) is 11.1 Å². The molecule has 13 heavy (non-hydrogen) atoms. The van der Waals surface area contributed by atoms with Crippen LogP contribution in [0.15, 0.2) is 24.3 Å². The number of anilines is 1. The van der Waals surface area contributed by atoms with E-state index in [2.05, 4.69) is 19.2 Å². The van der Waals surface area contributed by atoms with Crippen molar-refractivity contribution in [1.29, 1.82) is 5.41 Å². The molecule has 0 aromatic heterocycles. The molecule has 1 aromatic carbocycles. The minimum absolute atomic E-state index is 0.101. The lowest BCUT2D eigenvalue weighted by Crippen LogP contribution is -2.17. The van der Waals surface area contributed by atoms with Gasteiger partial charge in [-0.1, -0.05) is 12.1 Å². The molecule has 0 aliphatic rings. The smallest absolute Gasteiger partial charge is 0.124 e. The van der Waals surface area contributed by atoms with Gasteiger partial charge in [0.15, 0.2) is 0 Å². The molecule has 0 unspecified atom stereocenters. The first-order valence-corrected chi connectivity index (χ1v) is 4.31. The minimum atomic E-state index is 0.101. The van der Waals surface area contributed by atoms with Gasteiger partial charge in [-0.25, -0.2) is 0 Å². The van der Waals surface area contributed by atoms with Crippen LogP contribution >= 0.6 is 0 Å². The van der Waals surface area contributed by atoms with Crippen molar-refractivity contribution in [3.8, 4) is 0 Å². The van der Waals surface area contributed by atoms with Gasteiger partial charge in [0.1, 0.15) is 5.84 Å². The highest BCUT2D eigenvalue weighted by Crippen LogP contribution is 2.14. The fourth-order valence-corrected chi connectivity index (χ4v) is 1.15. The molecular formula is C10H15N3. The number of nitrogens with two attached hydrogens (primary N) is 1. The quantitative estimate of drug-likeness (QED) is 0.487. The molecule has 0 amide bonds. The Morgan fingerprint density at radius 3 is 2.54 bits per heavy atom. The lowest BCUT2D eigenvalue weighted by atomic mass is 10.1. The van der Waals surface area contributed by atoms with Crippen LogP contribution in [0.2, 0.25) is 0 Å². The van der Waals surface area contributed by atoms with Crippen LogP contribution in [0.5, 0.6) is 0 Å². The number of hydrogen-bond acceptors (Lipinski definition) is 2. The highest BCUT2D eigenvalue weighted by molar-refractivity contribution is 6.00. The van der Waals surface area contributed by atoms with Crippen LogP contribution in [0.3, 0.4) is 0 Å². The van der Waals surface area contributed by atoms with E-state index in [1.54, 1.807) is 0 Å². The van der Waals surface area contributed by atoms with Crippen molar-refractivity contribution in [2.45, 2.75) is 19.9 Å². The highest BCUT2D eigenvalue weighted by atomic mass is 14.9. The molecule has 0 aliphatic carbocycles. The van der Waals surface area contributed by atoms with E-state index in [1.165, 1.54) is 0 Å². The Kier molecular flexibility index (Phi) is 2.90. The average Bonchev–Trinajstić information content (AvgIpc) is 2.03. The van der Waals surface area contributed by atoms with E-state index >= 15 is 0 Å². The second kappa shape index (κ2) is 3.94. The Labute approximate surface area is 78.5 Å². The maximum Gasteiger partial charge on any atom is 0.124 e. The van der Waals surface area contributed by atoms with E-state index in [0.29, 0.717) is 6.04 Å². The second-order valence-electron chi connectivity index (χ2n) is 3.26. The van der Waals surface area contributed by atoms with Gasteiger partial charge >= 0.3 is 0 Å². The molecular weight excluding hydrogens is 162 g/mol. The average molecular weight is 177 g/mol. The molecule has 3 nitrogen and oxygen atoms in total. The van der Waals surface area contributed by atoms with Crippen molar-refractivity contribution in [3.63, 3.8) is 0 Å². The summed E-state index contributed by atoms with van der Waals surface area (Å²) in [6.07, 6.45) is 0. The van der Waals surface area contributed by atoms with Gasteiger partial charge in [0.25, 0.3) is 0 Å². The maximum absolute atomic E-state index is 7.36. The van der Waals surface area contributed by atoms with Gasteiger partial charge in [-0.15, -0.1) is 0 Å². The third-order valence-electron chi connectivity index (χ3n) is 1.66. The summed E-state index contributed by atoms with van der Waals surface area (Å²) in [5.41, 5.74) is 7.12. The van der Waals surface area contributed by atoms with Gasteiger partial charge < -0.3 is 11.1 Å². The summed E-state index contributed by atoms with van der Waals surface area (Å²) in [6.45, 7) is 4.10. The van der Waals surface area contributed by atoms with Crippen LogP contribution in [0.25, 0.3) is 0 Å². The van der Waals surface area contributed by atoms with Crippen molar-refractivity contribution in [1.82, 2.24) is 0 Å². The molecule has 4 N–H and O–H groups in total. The first kappa shape index (κ1) is 9.58. The van der Waals surface area contributed by atoms with E-state index in [9.17, 15) is 0 Å². The number of nitrogens with one attached hydrogen (secondary N) is 2. The van der Waals surface area contributed by atoms with Gasteiger partial charge in [-0.05, 0) is 26.0 Å². The van der Waals surface area contributed by atoms with Gasteiger partial charge in [0, 0.05) is 17.3 Å². The summed E-state index contributed by atoms with van der Waals surface area (Å²) in [4.78, 5) is 0. The van der Waals surface area contributed by atoms with Gasteiger partial charge in [-0.2, -0.15) is 0 Å². The number of rotatable bonds is 3. The molecule has 0 heterocycles. The SMILES string of the molecule is CC(C)Nc1ccccc1C(=N)N. The summed E-state index contributed by atoms with van der Waals surface area (Å²) in [5, 5.41) is 10.6. The van der Waals surface area contributed by atoms with Crippen LogP contribution in [-0.4, -0.2) is 11.9 Å². The number of nitrogen functional groups attached to an aromatic ring is 1. The normalized spacial score (nSPS) is 10.1. The maximum atomic E-state index is 7.36. The molecule has 0 saturated carbocycles. The molecule has 0 aliphatic heterocycles. The van der Waals surface area contributed by atoms with Crippen molar-refractivity contribution < 1.29 is 0 Å². The predicted molar refractivity (Wildman–Crippen MR) is 56.2 cm³/mol. The Morgan fingerprint density at radius 1 is 1.38 bits per heavy atom. The molecule has 0 radical (unpaired) electrons. The standard InChI is InChI=1S/C10H15N3/c1-7(2)13-9-6-4-3-5-8(9)10(11)12/h3-7,13H,1-2H3,(H3,11,12). The first-order valence-electron chi connectivity index (χ1n) is 4.31. The summed E-state index contributed by atoms with van der Waals surface area (Å²) >= 11 is 0. The van der Waals surface area contributed by atoms with Crippen molar-refractivity contribution >= 4 is 11.5 Å². The fourth-order valence-electron chi connectivity index (χ4n) is 1.15. The molecule has 0 saturated heterocycles. The summed E-state index contributed by atoms with van der Waals surface area (Å²) in [6, 6.07) is 7.92. The summed E-state index contributed by atoms with van der Waals surface area (Å²) in [5.74, 6) is 0.101. The number of benzene rings is 1. The van der Waals surface area contributed by atoms with Crippen LogP contribution in [-0.2, 0) is 0 Å². The Hall–Kier alpha value is -1.51. The monoisotopic (exact) mass is 177 g/mol. The van der Waals surface area contributed by atoms with Gasteiger partial charge in [0.05, 0.1) is 0 Å². The number of para-hydroxylation sites is 1. The largest absolute Gasteiger partial charge is 0.384 e. The molecule has 1 rings (SSSR count). The fraction of sp³-hybridized carbons (Fsp3) is 0.300. The minimum Gasteiger partial charge on any atom is -0.384 e. The zero-order valence-electron chi connectivity index (χ0n) is 7.96. The van der Waals surface area contributed by atoms with E-state index in [0.717, 1.165) is 11.3 Å². The topological polar surface area (TPSA) is 61.9 Å². The highest BCUT2D eigenvalue weighted by Gasteiger charge is 2.04. The Balaban J connectivity index is 2.98. The zero-order chi connectivity index (χ0) is 9.84. The van der Waals surface area contributed by atoms with Gasteiger partial charge in [-0.3, -0.25) is 5.41 Å². The van der Waals surface area contributed by atoms with Crippen LogP contribution < -0.4 is 11.1 Å². The molecule has 1 aromatic rings. The predicted octanol–water partition coefficient (Wildman–Crippen LogP) is 1.79. The van der Waals surface area contributed by atoms with E-state index in [1.807, 2.05) is 24.3 Å². The first-order chi connectivity index (χ1) is 6.11. The molecule has 0 fully saturated rings. The van der Waals surface area contributed by atoms with Gasteiger partial charge in [0.2, 0.25) is 0 Å². The van der Waals surface area contributed by atoms with Crippen molar-refractivity contribution in [2.24, 2.45) is 5.73 Å². The molecule has 0 spiro atoms. The van der Waals surface area contributed by atoms with E-state index < -0.39 is 0 Å². The zero-order valence-corrected chi connectivity index (χ0v) is 7.96. The van der Waals surface area contributed by atoms with Crippen molar-refractivity contribution in [3.05, 3.63) is 29.8 Å². The lowest BCUT2D eigenvalue weighted by molar-refractivity contribution is 0.899. The molecule has 0 atom stereocenters. The van der Waals surface area contributed by atoms with Crippen LogP contribution in [0.1, 0.15) is 19.4 Å². The van der Waals surface area contributed by atoms with Crippen LogP contribution in [0, 0.1) is 5.41 Å². The van der Waals surface area contributed by atoms with E-state index in [-0.39, 0.29) is 5.84 Å². The summed E-state index contributed by atoms with van der Waals surface area (Å²) < 4.78 is 0. The molecule has 70 valence electrons. The second-order valence-corrected chi connectivity index (χ2v) is 3.26. The lowest BCUT2D eigenvalue weighted by Gasteiger charge is -2.13. The van der Waals surface area contributed by atoms with Crippen molar-refractivity contribution in [2.75, 3.05) is 5.32 Å². The Bertz CT molecular complexity index is 305. The Morgan fingerprint density at radius 2 is 2.00 bits per heavy atom.